The van der Waals surface area contributed by atoms with Crippen molar-refractivity contribution in [2.75, 3.05) is 53.7 Å². The van der Waals surface area contributed by atoms with Gasteiger partial charge in [0.1, 0.15) is 11.5 Å². The van der Waals surface area contributed by atoms with Crippen LogP contribution < -0.4 is 26.4 Å². The van der Waals surface area contributed by atoms with Crippen LogP contribution in [0.5, 0.6) is 0 Å². The van der Waals surface area contributed by atoms with Crippen LogP contribution in [0.3, 0.4) is 0 Å². The summed E-state index contributed by atoms with van der Waals surface area (Å²) >= 11 is 0. The zero-order valence-electron chi connectivity index (χ0n) is 31.4. The van der Waals surface area contributed by atoms with Gasteiger partial charge >= 0.3 is 0 Å². The predicted octanol–water partition coefficient (Wildman–Crippen LogP) is 4.60. The third-order valence-electron chi connectivity index (χ3n) is 10.7. The molecule has 3 aromatic heterocycles. The number of piperazine rings is 1. The van der Waals surface area contributed by atoms with Crippen LogP contribution in [0.4, 0.5) is 28.7 Å². The lowest BCUT2D eigenvalue weighted by Gasteiger charge is -2.45. The molecule has 1 atom stereocenters. The first-order valence-corrected chi connectivity index (χ1v) is 18.5. The number of pyridine rings is 1. The number of benzene rings is 1. The van der Waals surface area contributed by atoms with Crippen LogP contribution in [0.15, 0.2) is 60.2 Å². The molecule has 2 aliphatic heterocycles. The maximum Gasteiger partial charge on any atom is 0.293 e. The molecule has 2 saturated heterocycles. The van der Waals surface area contributed by atoms with Gasteiger partial charge in [-0.05, 0) is 80.0 Å². The first-order chi connectivity index (χ1) is 25.9. The molecule has 1 aliphatic carbocycles. The van der Waals surface area contributed by atoms with Crippen molar-refractivity contribution in [1.82, 2.24) is 24.4 Å². The van der Waals surface area contributed by atoms with Crippen LogP contribution in [-0.2, 0) is 36.0 Å². The van der Waals surface area contributed by atoms with Gasteiger partial charge < -0.3 is 40.2 Å². The van der Waals surface area contributed by atoms with Crippen molar-refractivity contribution >= 4 is 40.5 Å². The van der Waals surface area contributed by atoms with E-state index in [0.29, 0.717) is 39.9 Å². The average molecular weight is 736 g/mol. The first-order valence-electron chi connectivity index (χ1n) is 18.5. The van der Waals surface area contributed by atoms with Gasteiger partial charge in [0.05, 0.1) is 23.7 Å². The Balaban J connectivity index is 1.13. The van der Waals surface area contributed by atoms with E-state index in [-0.39, 0.29) is 40.5 Å². The highest BCUT2D eigenvalue weighted by molar-refractivity contribution is 6.03. The Morgan fingerprint density at radius 2 is 1.91 bits per heavy atom. The second-order valence-corrected chi connectivity index (χ2v) is 15.3. The number of nitrogens with zero attached hydrogens (tertiary/aromatic N) is 5. The molecule has 0 spiro atoms. The van der Waals surface area contributed by atoms with Crippen molar-refractivity contribution in [2.24, 2.45) is 12.5 Å². The van der Waals surface area contributed by atoms with Crippen LogP contribution in [0, 0.1) is 5.41 Å². The summed E-state index contributed by atoms with van der Waals surface area (Å²) in [5.74, 6) is -0.478. The van der Waals surface area contributed by atoms with Crippen LogP contribution in [-0.4, -0.2) is 86.3 Å². The average Bonchev–Trinajstić information content (AvgIpc) is 3.67. The van der Waals surface area contributed by atoms with E-state index in [1.165, 1.54) is 16.8 Å². The fraction of sp³-hybridized carbons (Fsp3) is 0.425. The fourth-order valence-corrected chi connectivity index (χ4v) is 8.04. The Morgan fingerprint density at radius 3 is 2.63 bits per heavy atom. The highest BCUT2D eigenvalue weighted by Gasteiger charge is 2.32. The second-order valence-electron chi connectivity index (χ2n) is 15.3. The maximum atomic E-state index is 13.4. The number of hydrogen-bond acceptors (Lipinski definition) is 10. The third kappa shape index (κ3) is 7.68. The number of carbonyl (C=O) groups is 2. The van der Waals surface area contributed by atoms with Gasteiger partial charge in [0, 0.05) is 86.9 Å². The van der Waals surface area contributed by atoms with Gasteiger partial charge in [-0.3, -0.25) is 19.3 Å². The Labute approximate surface area is 314 Å². The molecule has 5 N–H and O–H groups in total. The molecular formula is C40H49N9O5. The molecule has 0 saturated carbocycles. The number of amides is 2. The van der Waals surface area contributed by atoms with Gasteiger partial charge in [-0.2, -0.15) is 0 Å². The van der Waals surface area contributed by atoms with E-state index < -0.39 is 6.61 Å². The van der Waals surface area contributed by atoms with Crippen LogP contribution >= 0.6 is 0 Å². The topological polar surface area (TPSA) is 170 Å². The molecule has 2 amide bonds. The monoisotopic (exact) mass is 735 g/mol. The van der Waals surface area contributed by atoms with E-state index >= 15 is 0 Å². The molecule has 14 heteroatoms. The van der Waals surface area contributed by atoms with Crippen molar-refractivity contribution < 1.29 is 19.4 Å². The molecule has 5 heterocycles. The number of fused-ring (bicyclic) bond motifs is 1. The number of anilines is 5. The summed E-state index contributed by atoms with van der Waals surface area (Å²) in [5, 5.41) is 19.5. The van der Waals surface area contributed by atoms with Crippen LogP contribution in [0.25, 0.3) is 11.3 Å². The number of rotatable bonds is 10. The van der Waals surface area contributed by atoms with E-state index in [1.807, 2.05) is 18.2 Å². The van der Waals surface area contributed by atoms with Crippen molar-refractivity contribution in [1.29, 1.82) is 0 Å². The third-order valence-corrected chi connectivity index (χ3v) is 10.7. The SMILES string of the molecule is C=CC(=O)Nc1cc(Nc2nc(-c3ccnc(NC(=O)c4cc5c([nH]4)CC(C)(C)C5)c3CO)cn(C)c2=O)ccc1N1CCN(C2CCOCC2)C[C@@H]1C. The quantitative estimate of drug-likeness (QED) is 0.145. The molecule has 14 nitrogen and oxygen atoms in total. The minimum atomic E-state index is -0.433. The Kier molecular flexibility index (Phi) is 10.4. The number of aliphatic hydroxyl groups is 1. The number of aryl methyl sites for hydroxylation is 1. The molecular weight excluding hydrogens is 686 g/mol. The summed E-state index contributed by atoms with van der Waals surface area (Å²) in [6, 6.07) is 9.87. The van der Waals surface area contributed by atoms with Crippen molar-refractivity contribution in [3.8, 4) is 11.3 Å². The number of nitrogens with one attached hydrogen (secondary N) is 4. The minimum absolute atomic E-state index is 0.0392. The summed E-state index contributed by atoms with van der Waals surface area (Å²) in [6.07, 6.45) is 8.16. The van der Waals surface area contributed by atoms with E-state index in [1.54, 1.807) is 25.4 Å². The molecule has 0 radical (unpaired) electrons. The smallest absolute Gasteiger partial charge is 0.293 e. The van der Waals surface area contributed by atoms with E-state index in [4.69, 9.17) is 4.74 Å². The largest absolute Gasteiger partial charge is 0.392 e. The molecule has 7 rings (SSSR count). The normalized spacial score (nSPS) is 18.6. The van der Waals surface area contributed by atoms with Crippen molar-refractivity contribution in [3.05, 3.63) is 88.2 Å². The molecule has 0 bridgehead atoms. The first kappa shape index (κ1) is 37.0. The van der Waals surface area contributed by atoms with Gasteiger partial charge in [-0.15, -0.1) is 0 Å². The summed E-state index contributed by atoms with van der Waals surface area (Å²) in [7, 11) is 1.62. The van der Waals surface area contributed by atoms with E-state index in [9.17, 15) is 19.5 Å². The Hall–Kier alpha value is -5.31. The van der Waals surface area contributed by atoms with Gasteiger partial charge in [0.15, 0.2) is 5.82 Å². The lowest BCUT2D eigenvalue weighted by Crippen LogP contribution is -2.56. The van der Waals surface area contributed by atoms with Crippen molar-refractivity contribution in [2.45, 2.75) is 65.1 Å². The number of carbonyl (C=O) groups excluding carboxylic acids is 2. The number of H-pyrrole nitrogens is 1. The second kappa shape index (κ2) is 15.2. The van der Waals surface area contributed by atoms with Crippen LogP contribution in [0.1, 0.15) is 60.9 Å². The highest BCUT2D eigenvalue weighted by atomic mass is 16.5. The number of aromatic amines is 1. The zero-order valence-corrected chi connectivity index (χ0v) is 31.4. The molecule has 0 unspecified atom stereocenters. The van der Waals surface area contributed by atoms with Gasteiger partial charge in [0.25, 0.3) is 11.5 Å². The van der Waals surface area contributed by atoms with Gasteiger partial charge in [-0.25, -0.2) is 9.97 Å². The van der Waals surface area contributed by atoms with E-state index in [2.05, 4.69) is 68.1 Å². The summed E-state index contributed by atoms with van der Waals surface area (Å²) in [4.78, 5) is 56.5. The maximum absolute atomic E-state index is 13.4. The van der Waals surface area contributed by atoms with E-state index in [0.717, 1.165) is 75.5 Å². The number of aromatic nitrogens is 4. The number of hydrogen-bond donors (Lipinski definition) is 5. The predicted molar refractivity (Wildman–Crippen MR) is 209 cm³/mol. The Bertz CT molecular complexity index is 2110. The number of ether oxygens (including phenoxy) is 1. The highest BCUT2D eigenvalue weighted by Crippen LogP contribution is 2.37. The molecule has 284 valence electrons. The summed E-state index contributed by atoms with van der Waals surface area (Å²) in [6.45, 7) is 14.0. The van der Waals surface area contributed by atoms with Crippen molar-refractivity contribution in [3.63, 3.8) is 0 Å². The molecule has 1 aromatic carbocycles. The molecule has 4 aromatic rings. The minimum Gasteiger partial charge on any atom is -0.392 e. The number of aliphatic hydroxyl groups excluding tert-OH is 1. The zero-order chi connectivity index (χ0) is 38.1. The van der Waals surface area contributed by atoms with Gasteiger partial charge in [-0.1, -0.05) is 20.4 Å². The lowest BCUT2D eigenvalue weighted by molar-refractivity contribution is -0.111. The fourth-order valence-electron chi connectivity index (χ4n) is 8.04. The summed E-state index contributed by atoms with van der Waals surface area (Å²) in [5.41, 5.74) is 5.63. The standard InChI is InChI=1S/C40H49N9O5/c1-6-35(51)44-30-18-26(7-8-34(30)49-14-13-48(21-24(49)2)27-10-15-54-16-11-27)42-37-39(53)47(5)22-33(45-37)28-9-12-41-36(29(28)23-50)46-38(52)31-17-25-19-40(3,4)20-32(25)43-31/h6-9,12,17-18,22,24,27,43,50H,1,10-11,13-16,19-21,23H2,2-5H3,(H,42,45)(H,44,51)(H,41,46,52)/t24-/m0/s1. The molecule has 3 aliphatic rings. The molecule has 54 heavy (non-hydrogen) atoms. The Morgan fingerprint density at radius 1 is 1.11 bits per heavy atom. The molecule has 2 fully saturated rings. The summed E-state index contributed by atoms with van der Waals surface area (Å²) < 4.78 is 6.98. The van der Waals surface area contributed by atoms with Crippen LogP contribution in [0.2, 0.25) is 0 Å². The van der Waals surface area contributed by atoms with Gasteiger partial charge in [0.2, 0.25) is 5.91 Å². The lowest BCUT2D eigenvalue weighted by atomic mass is 9.90.